The molecule has 0 fully saturated rings. The number of nitrogens with one attached hydrogen (secondary N) is 1. The fraction of sp³-hybridized carbons (Fsp3) is 0.235. The number of rotatable bonds is 4. The first kappa shape index (κ1) is 13.8. The van der Waals surface area contributed by atoms with Crippen LogP contribution in [-0.2, 0) is 6.42 Å². The molecule has 0 bridgehead atoms. The predicted octanol–water partition coefficient (Wildman–Crippen LogP) is 3.78. The highest BCUT2D eigenvalue weighted by atomic mass is 19.1. The van der Waals surface area contributed by atoms with Crippen LogP contribution in [-0.4, -0.2) is 12.0 Å². The van der Waals surface area contributed by atoms with Gasteiger partial charge in [-0.15, -0.1) is 0 Å². The lowest BCUT2D eigenvalue weighted by molar-refractivity contribution is 0.472. The van der Waals surface area contributed by atoms with Crippen LogP contribution in [0.1, 0.15) is 23.1 Å². The Bertz CT molecular complexity index is 713. The van der Waals surface area contributed by atoms with Gasteiger partial charge in [0, 0.05) is 12.5 Å². The molecule has 1 atom stereocenters. The van der Waals surface area contributed by atoms with Crippen molar-refractivity contribution in [3.05, 3.63) is 65.3 Å². The van der Waals surface area contributed by atoms with Crippen molar-refractivity contribution in [1.82, 2.24) is 10.3 Å². The molecule has 0 aliphatic heterocycles. The van der Waals surface area contributed by atoms with Crippen molar-refractivity contribution < 1.29 is 8.81 Å². The zero-order chi connectivity index (χ0) is 14.8. The monoisotopic (exact) mass is 284 g/mol. The van der Waals surface area contributed by atoms with Crippen LogP contribution in [0.3, 0.4) is 0 Å². The minimum absolute atomic E-state index is 0.0348. The molecule has 1 heterocycles. The van der Waals surface area contributed by atoms with E-state index in [1.807, 2.05) is 44.3 Å². The normalized spacial score (nSPS) is 12.7. The summed E-state index contributed by atoms with van der Waals surface area (Å²) in [6.45, 7) is 1.89. The average molecular weight is 284 g/mol. The van der Waals surface area contributed by atoms with Crippen LogP contribution in [0.2, 0.25) is 0 Å². The van der Waals surface area contributed by atoms with Gasteiger partial charge in [0.05, 0.1) is 0 Å². The maximum Gasteiger partial charge on any atom is 0.197 e. The number of aryl methyl sites for hydroxylation is 1. The molecule has 0 amide bonds. The summed E-state index contributed by atoms with van der Waals surface area (Å²) < 4.78 is 19.3. The smallest absolute Gasteiger partial charge is 0.197 e. The zero-order valence-corrected chi connectivity index (χ0v) is 12.1. The minimum atomic E-state index is -0.220. The second-order valence-corrected chi connectivity index (χ2v) is 5.18. The van der Waals surface area contributed by atoms with Crippen molar-refractivity contribution in [2.45, 2.75) is 19.4 Å². The Morgan fingerprint density at radius 2 is 2.05 bits per heavy atom. The third-order valence-corrected chi connectivity index (χ3v) is 3.53. The first-order valence-corrected chi connectivity index (χ1v) is 6.94. The summed E-state index contributed by atoms with van der Waals surface area (Å²) in [5.74, 6) is 0.431. The standard InChI is InChI=1S/C17H17FN2O/c1-11-7-12(9-13(18)8-11)15(19-2)10-17-20-14-5-3-4-6-16(14)21-17/h3-9,15,19H,10H2,1-2H3. The Morgan fingerprint density at radius 1 is 1.24 bits per heavy atom. The number of hydrogen-bond donors (Lipinski definition) is 1. The van der Waals surface area contributed by atoms with E-state index in [0.717, 1.165) is 22.2 Å². The first-order chi connectivity index (χ1) is 10.2. The lowest BCUT2D eigenvalue weighted by atomic mass is 10.0. The molecule has 3 nitrogen and oxygen atoms in total. The third-order valence-electron chi connectivity index (χ3n) is 3.53. The minimum Gasteiger partial charge on any atom is -0.441 e. The maximum absolute atomic E-state index is 13.6. The van der Waals surface area contributed by atoms with Crippen molar-refractivity contribution in [3.63, 3.8) is 0 Å². The Kier molecular flexibility index (Phi) is 3.71. The molecule has 2 aromatic carbocycles. The van der Waals surface area contributed by atoms with E-state index in [0.29, 0.717) is 12.3 Å². The van der Waals surface area contributed by atoms with Gasteiger partial charge in [-0.2, -0.15) is 0 Å². The number of nitrogens with zero attached hydrogens (tertiary/aromatic N) is 1. The molecule has 1 unspecified atom stereocenters. The lowest BCUT2D eigenvalue weighted by Crippen LogP contribution is -2.19. The summed E-state index contributed by atoms with van der Waals surface area (Å²) in [4.78, 5) is 4.47. The van der Waals surface area contributed by atoms with Gasteiger partial charge in [0.1, 0.15) is 11.3 Å². The summed E-state index contributed by atoms with van der Waals surface area (Å²) in [7, 11) is 1.85. The number of halogens is 1. The van der Waals surface area contributed by atoms with E-state index in [9.17, 15) is 4.39 Å². The number of hydrogen-bond acceptors (Lipinski definition) is 3. The van der Waals surface area contributed by atoms with Crippen LogP contribution in [0, 0.1) is 12.7 Å². The third kappa shape index (κ3) is 2.95. The summed E-state index contributed by atoms with van der Waals surface area (Å²) in [5, 5.41) is 3.20. The van der Waals surface area contributed by atoms with Crippen molar-refractivity contribution >= 4 is 11.1 Å². The highest BCUT2D eigenvalue weighted by Gasteiger charge is 2.15. The average Bonchev–Trinajstić information content (AvgIpc) is 2.86. The number of likely N-dealkylation sites (N-methyl/N-ethyl adjacent to an activating group) is 1. The van der Waals surface area contributed by atoms with E-state index in [2.05, 4.69) is 10.3 Å². The Labute approximate surface area is 122 Å². The molecular formula is C17H17FN2O. The molecule has 0 aliphatic rings. The van der Waals surface area contributed by atoms with Crippen molar-refractivity contribution in [3.8, 4) is 0 Å². The summed E-state index contributed by atoms with van der Waals surface area (Å²) >= 11 is 0. The van der Waals surface area contributed by atoms with Crippen LogP contribution in [0.5, 0.6) is 0 Å². The van der Waals surface area contributed by atoms with Gasteiger partial charge in [-0.05, 0) is 49.4 Å². The number of para-hydroxylation sites is 2. The van der Waals surface area contributed by atoms with Crippen LogP contribution in [0.25, 0.3) is 11.1 Å². The number of fused-ring (bicyclic) bond motifs is 1. The Hall–Kier alpha value is -2.20. The van der Waals surface area contributed by atoms with Gasteiger partial charge in [0.15, 0.2) is 11.5 Å². The molecule has 3 aromatic rings. The van der Waals surface area contributed by atoms with E-state index in [4.69, 9.17) is 4.42 Å². The zero-order valence-electron chi connectivity index (χ0n) is 12.1. The van der Waals surface area contributed by atoms with E-state index < -0.39 is 0 Å². The summed E-state index contributed by atoms with van der Waals surface area (Å²) in [5.41, 5.74) is 3.43. The molecule has 0 saturated heterocycles. The highest BCUT2D eigenvalue weighted by Crippen LogP contribution is 2.22. The summed E-state index contributed by atoms with van der Waals surface area (Å²) in [6, 6.07) is 12.7. The topological polar surface area (TPSA) is 38.1 Å². The second-order valence-electron chi connectivity index (χ2n) is 5.18. The lowest BCUT2D eigenvalue weighted by Gasteiger charge is -2.15. The number of benzene rings is 2. The maximum atomic E-state index is 13.6. The van der Waals surface area contributed by atoms with Crippen LogP contribution in [0.15, 0.2) is 46.9 Å². The Balaban J connectivity index is 1.89. The molecule has 0 saturated carbocycles. The van der Waals surface area contributed by atoms with Gasteiger partial charge in [-0.3, -0.25) is 0 Å². The van der Waals surface area contributed by atoms with E-state index in [1.54, 1.807) is 6.07 Å². The Morgan fingerprint density at radius 3 is 2.76 bits per heavy atom. The first-order valence-electron chi connectivity index (χ1n) is 6.94. The van der Waals surface area contributed by atoms with Crippen molar-refractivity contribution in [1.29, 1.82) is 0 Å². The quantitative estimate of drug-likeness (QED) is 0.792. The van der Waals surface area contributed by atoms with Crippen LogP contribution in [0.4, 0.5) is 4.39 Å². The van der Waals surface area contributed by atoms with Crippen LogP contribution >= 0.6 is 0 Å². The van der Waals surface area contributed by atoms with Crippen molar-refractivity contribution in [2.75, 3.05) is 7.05 Å². The van der Waals surface area contributed by atoms with Gasteiger partial charge in [-0.25, -0.2) is 9.37 Å². The molecule has 3 rings (SSSR count). The molecule has 4 heteroatoms. The van der Waals surface area contributed by atoms with E-state index >= 15 is 0 Å². The van der Waals surface area contributed by atoms with Gasteiger partial charge in [0.2, 0.25) is 0 Å². The van der Waals surface area contributed by atoms with Gasteiger partial charge >= 0.3 is 0 Å². The predicted molar refractivity (Wildman–Crippen MR) is 80.7 cm³/mol. The number of oxazole rings is 1. The van der Waals surface area contributed by atoms with Gasteiger partial charge in [-0.1, -0.05) is 18.2 Å². The molecule has 0 aliphatic carbocycles. The molecule has 21 heavy (non-hydrogen) atoms. The summed E-state index contributed by atoms with van der Waals surface area (Å²) in [6.07, 6.45) is 0.577. The molecule has 0 radical (unpaired) electrons. The molecule has 1 aromatic heterocycles. The second kappa shape index (κ2) is 5.66. The highest BCUT2D eigenvalue weighted by molar-refractivity contribution is 5.72. The van der Waals surface area contributed by atoms with Gasteiger partial charge in [0.25, 0.3) is 0 Å². The molecule has 0 spiro atoms. The fourth-order valence-corrected chi connectivity index (χ4v) is 2.53. The van der Waals surface area contributed by atoms with E-state index in [1.165, 1.54) is 6.07 Å². The molecule has 108 valence electrons. The fourth-order valence-electron chi connectivity index (χ4n) is 2.53. The van der Waals surface area contributed by atoms with E-state index in [-0.39, 0.29) is 11.9 Å². The molecular weight excluding hydrogens is 267 g/mol. The van der Waals surface area contributed by atoms with Gasteiger partial charge < -0.3 is 9.73 Å². The van der Waals surface area contributed by atoms with Crippen molar-refractivity contribution in [2.24, 2.45) is 0 Å². The number of aromatic nitrogens is 1. The SMILES string of the molecule is CNC(Cc1nc2ccccc2o1)c1cc(C)cc(F)c1. The van der Waals surface area contributed by atoms with Crippen LogP contribution < -0.4 is 5.32 Å². The largest absolute Gasteiger partial charge is 0.441 e. The molecule has 1 N–H and O–H groups in total.